The lowest BCUT2D eigenvalue weighted by Gasteiger charge is -2.26. The molecule has 0 saturated heterocycles. The molecular weight excluding hydrogens is 218 g/mol. The van der Waals surface area contributed by atoms with E-state index in [9.17, 15) is 4.79 Å². The van der Waals surface area contributed by atoms with Gasteiger partial charge in [-0.15, -0.1) is 0 Å². The van der Waals surface area contributed by atoms with Crippen LogP contribution in [-0.4, -0.2) is 42.3 Å². The van der Waals surface area contributed by atoms with E-state index >= 15 is 0 Å². The van der Waals surface area contributed by atoms with Crippen LogP contribution in [0.25, 0.3) is 0 Å². The van der Waals surface area contributed by atoms with Crippen molar-refractivity contribution in [2.45, 2.75) is 45.1 Å². The molecule has 0 heterocycles. The van der Waals surface area contributed by atoms with Gasteiger partial charge < -0.3 is 0 Å². The highest BCUT2D eigenvalue weighted by Gasteiger charge is 2.24. The maximum Gasteiger partial charge on any atom is 0.149 e. The average molecular weight is 243 g/mol. The van der Waals surface area contributed by atoms with Crippen molar-refractivity contribution in [3.05, 3.63) is 0 Å². The number of hydrogen-bond donors (Lipinski definition) is 0. The van der Waals surface area contributed by atoms with Gasteiger partial charge in [0.05, 0.1) is 6.54 Å². The number of rotatable bonds is 7. The third-order valence-electron chi connectivity index (χ3n) is 3.67. The molecule has 2 nitrogen and oxygen atoms in total. The molecule has 0 aromatic rings. The Bertz CT molecular complexity index is 214. The molecule has 1 fully saturated rings. The first-order chi connectivity index (χ1) is 7.69. The number of carbonyl (C=O) groups excluding carboxylic acids is 1. The van der Waals surface area contributed by atoms with E-state index in [0.29, 0.717) is 24.3 Å². The zero-order valence-electron chi connectivity index (χ0n) is 10.9. The molecule has 1 aliphatic carbocycles. The highest BCUT2D eigenvalue weighted by Crippen LogP contribution is 2.25. The summed E-state index contributed by atoms with van der Waals surface area (Å²) in [6.07, 6.45) is 8.03. The number of thioether (sulfide) groups is 1. The fourth-order valence-corrected chi connectivity index (χ4v) is 3.38. The first-order valence-corrected chi connectivity index (χ1v) is 7.80. The van der Waals surface area contributed by atoms with Crippen molar-refractivity contribution in [1.29, 1.82) is 0 Å². The van der Waals surface area contributed by atoms with E-state index in [1.807, 2.05) is 11.8 Å². The standard InChI is InChI=1S/C13H25NOS/c1-4-12(10-16-3)14(2)9-13(15)11-7-5-6-8-11/h11-12H,4-10H2,1-3H3. The van der Waals surface area contributed by atoms with E-state index < -0.39 is 0 Å². The van der Waals surface area contributed by atoms with Crippen LogP contribution in [0.2, 0.25) is 0 Å². The lowest BCUT2D eigenvalue weighted by molar-refractivity contribution is -0.123. The summed E-state index contributed by atoms with van der Waals surface area (Å²) in [6.45, 7) is 2.86. The Hall–Kier alpha value is -0.0200. The van der Waals surface area contributed by atoms with E-state index in [1.54, 1.807) is 0 Å². The minimum absolute atomic E-state index is 0.370. The quantitative estimate of drug-likeness (QED) is 0.686. The zero-order chi connectivity index (χ0) is 12.0. The SMILES string of the molecule is CCC(CSC)N(C)CC(=O)C1CCCC1. The predicted molar refractivity (Wildman–Crippen MR) is 72.1 cm³/mol. The second kappa shape index (κ2) is 7.33. The number of hydrogen-bond acceptors (Lipinski definition) is 3. The topological polar surface area (TPSA) is 20.3 Å². The van der Waals surface area contributed by atoms with E-state index in [2.05, 4.69) is 25.1 Å². The van der Waals surface area contributed by atoms with Crippen LogP contribution in [0, 0.1) is 5.92 Å². The molecule has 0 spiro atoms. The van der Waals surface area contributed by atoms with Gasteiger partial charge in [-0.2, -0.15) is 11.8 Å². The smallest absolute Gasteiger partial charge is 0.149 e. The van der Waals surface area contributed by atoms with E-state index in [-0.39, 0.29) is 0 Å². The molecule has 0 amide bonds. The third-order valence-corrected chi connectivity index (χ3v) is 4.39. The Morgan fingerprint density at radius 2 is 2.06 bits per heavy atom. The van der Waals surface area contributed by atoms with Crippen LogP contribution in [-0.2, 0) is 4.79 Å². The first kappa shape index (κ1) is 14.0. The minimum Gasteiger partial charge on any atom is -0.298 e. The van der Waals surface area contributed by atoms with Crippen LogP contribution in [0.15, 0.2) is 0 Å². The lowest BCUT2D eigenvalue weighted by atomic mass is 10.0. The summed E-state index contributed by atoms with van der Waals surface area (Å²) in [4.78, 5) is 14.3. The Balaban J connectivity index is 2.36. The van der Waals surface area contributed by atoms with Crippen LogP contribution in [0.1, 0.15) is 39.0 Å². The molecule has 94 valence electrons. The van der Waals surface area contributed by atoms with Gasteiger partial charge in [-0.05, 0) is 32.6 Å². The van der Waals surface area contributed by atoms with Crippen molar-refractivity contribution in [2.75, 3.05) is 25.6 Å². The Morgan fingerprint density at radius 3 is 2.56 bits per heavy atom. The zero-order valence-corrected chi connectivity index (χ0v) is 11.7. The summed E-state index contributed by atoms with van der Waals surface area (Å²) in [5.41, 5.74) is 0. The van der Waals surface area contributed by atoms with Gasteiger partial charge in [-0.25, -0.2) is 0 Å². The number of carbonyl (C=O) groups is 1. The number of Topliss-reactive ketones (excluding diaryl/α,β-unsaturated/α-hetero) is 1. The third kappa shape index (κ3) is 4.10. The summed E-state index contributed by atoms with van der Waals surface area (Å²) in [7, 11) is 2.09. The summed E-state index contributed by atoms with van der Waals surface area (Å²) in [5.74, 6) is 1.97. The second-order valence-corrected chi connectivity index (χ2v) is 5.79. The van der Waals surface area contributed by atoms with Crippen molar-refractivity contribution < 1.29 is 4.79 Å². The molecule has 3 heteroatoms. The maximum absolute atomic E-state index is 12.0. The summed E-state index contributed by atoms with van der Waals surface area (Å²) < 4.78 is 0. The predicted octanol–water partition coefficient (Wildman–Crippen LogP) is 2.82. The van der Waals surface area contributed by atoms with Gasteiger partial charge in [0.25, 0.3) is 0 Å². The van der Waals surface area contributed by atoms with E-state index in [0.717, 1.165) is 25.0 Å². The van der Waals surface area contributed by atoms with E-state index in [1.165, 1.54) is 12.8 Å². The van der Waals surface area contributed by atoms with Crippen molar-refractivity contribution >= 4 is 17.5 Å². The molecule has 0 aliphatic heterocycles. The molecule has 16 heavy (non-hydrogen) atoms. The van der Waals surface area contributed by atoms with Gasteiger partial charge >= 0.3 is 0 Å². The molecule has 0 radical (unpaired) electrons. The molecule has 0 aromatic heterocycles. The molecule has 1 aliphatic rings. The minimum atomic E-state index is 0.370. The van der Waals surface area contributed by atoms with Gasteiger partial charge in [0.15, 0.2) is 0 Å². The van der Waals surface area contributed by atoms with Crippen molar-refractivity contribution in [3.63, 3.8) is 0 Å². The van der Waals surface area contributed by atoms with Crippen molar-refractivity contribution in [1.82, 2.24) is 4.90 Å². The average Bonchev–Trinajstić information content (AvgIpc) is 2.78. The molecule has 1 unspecified atom stereocenters. The first-order valence-electron chi connectivity index (χ1n) is 6.41. The fourth-order valence-electron chi connectivity index (χ4n) is 2.50. The molecular formula is C13H25NOS. The number of nitrogens with zero attached hydrogens (tertiary/aromatic N) is 1. The number of ketones is 1. The summed E-state index contributed by atoms with van der Waals surface area (Å²) in [6, 6.07) is 0.556. The van der Waals surface area contributed by atoms with E-state index in [4.69, 9.17) is 0 Å². The van der Waals surface area contributed by atoms with Gasteiger partial charge in [0, 0.05) is 17.7 Å². The van der Waals surface area contributed by atoms with Crippen LogP contribution < -0.4 is 0 Å². The Morgan fingerprint density at radius 1 is 1.44 bits per heavy atom. The largest absolute Gasteiger partial charge is 0.298 e. The number of likely N-dealkylation sites (N-methyl/N-ethyl adjacent to an activating group) is 1. The van der Waals surface area contributed by atoms with Crippen molar-refractivity contribution in [2.24, 2.45) is 5.92 Å². The molecule has 1 atom stereocenters. The molecule has 0 bridgehead atoms. The Labute approximate surface area is 104 Å². The second-order valence-electron chi connectivity index (χ2n) is 4.88. The lowest BCUT2D eigenvalue weighted by Crippen LogP contribution is -2.38. The molecule has 1 rings (SSSR count). The monoisotopic (exact) mass is 243 g/mol. The van der Waals surface area contributed by atoms with Crippen LogP contribution in [0.3, 0.4) is 0 Å². The van der Waals surface area contributed by atoms with Gasteiger partial charge in [-0.1, -0.05) is 19.8 Å². The highest BCUT2D eigenvalue weighted by atomic mass is 32.2. The maximum atomic E-state index is 12.0. The van der Waals surface area contributed by atoms with Gasteiger partial charge in [0.1, 0.15) is 5.78 Å². The van der Waals surface area contributed by atoms with Gasteiger partial charge in [0.2, 0.25) is 0 Å². The molecule has 0 N–H and O–H groups in total. The normalized spacial score (nSPS) is 19.2. The fraction of sp³-hybridized carbons (Fsp3) is 0.923. The van der Waals surface area contributed by atoms with Crippen LogP contribution in [0.4, 0.5) is 0 Å². The van der Waals surface area contributed by atoms with Gasteiger partial charge in [-0.3, -0.25) is 9.69 Å². The Kier molecular flexibility index (Phi) is 6.44. The van der Waals surface area contributed by atoms with Crippen LogP contribution in [0.5, 0.6) is 0 Å². The summed E-state index contributed by atoms with van der Waals surface area (Å²) in [5, 5.41) is 0. The van der Waals surface area contributed by atoms with Crippen LogP contribution >= 0.6 is 11.8 Å². The highest BCUT2D eigenvalue weighted by molar-refractivity contribution is 7.98. The summed E-state index contributed by atoms with van der Waals surface area (Å²) >= 11 is 1.87. The molecule has 1 saturated carbocycles. The molecule has 0 aromatic carbocycles. The van der Waals surface area contributed by atoms with Crippen molar-refractivity contribution in [3.8, 4) is 0 Å².